The van der Waals surface area contributed by atoms with Crippen LogP contribution < -0.4 is 4.90 Å². The van der Waals surface area contributed by atoms with Gasteiger partial charge in [0.05, 0.1) is 4.92 Å². The van der Waals surface area contributed by atoms with Crippen LogP contribution in [0.4, 0.5) is 11.4 Å². The third kappa shape index (κ3) is 3.10. The molecule has 0 radical (unpaired) electrons. The number of hydrogen-bond acceptors (Lipinski definition) is 4. The number of nitro benzene ring substituents is 1. The van der Waals surface area contributed by atoms with E-state index < -0.39 is 0 Å². The van der Waals surface area contributed by atoms with E-state index in [-0.39, 0.29) is 16.1 Å². The van der Waals surface area contributed by atoms with Gasteiger partial charge in [0.15, 0.2) is 0 Å². The van der Waals surface area contributed by atoms with E-state index in [9.17, 15) is 10.1 Å². The van der Waals surface area contributed by atoms with E-state index in [0.717, 1.165) is 37.4 Å². The molecule has 0 bridgehead atoms. The standard InChI is InChI=1S/C15H23N3O2/c1-12-11-13(18(19)20)5-6-14(12)16-7-9-17(10-8-16)15(2,3)4/h5-6,11H,7-10H2,1-4H3. The maximum absolute atomic E-state index is 10.8. The summed E-state index contributed by atoms with van der Waals surface area (Å²) in [6, 6.07) is 5.13. The molecule has 110 valence electrons. The van der Waals surface area contributed by atoms with Crippen molar-refractivity contribution in [2.24, 2.45) is 0 Å². The maximum Gasteiger partial charge on any atom is 0.269 e. The molecule has 0 saturated carbocycles. The number of rotatable bonds is 2. The molecule has 0 aromatic heterocycles. The lowest BCUT2D eigenvalue weighted by molar-refractivity contribution is -0.384. The van der Waals surface area contributed by atoms with Crippen LogP contribution in [0, 0.1) is 17.0 Å². The third-order valence-corrected chi connectivity index (χ3v) is 3.96. The van der Waals surface area contributed by atoms with Crippen LogP contribution in [0.2, 0.25) is 0 Å². The molecule has 1 aromatic rings. The van der Waals surface area contributed by atoms with Gasteiger partial charge in [-0.2, -0.15) is 0 Å². The molecule has 20 heavy (non-hydrogen) atoms. The van der Waals surface area contributed by atoms with Crippen LogP contribution in [0.1, 0.15) is 26.3 Å². The first-order chi connectivity index (χ1) is 9.29. The van der Waals surface area contributed by atoms with Crippen molar-refractivity contribution >= 4 is 11.4 Å². The van der Waals surface area contributed by atoms with Gasteiger partial charge in [-0.3, -0.25) is 15.0 Å². The molecule has 0 atom stereocenters. The Morgan fingerprint density at radius 2 is 1.75 bits per heavy atom. The first kappa shape index (κ1) is 14.8. The van der Waals surface area contributed by atoms with Crippen molar-refractivity contribution < 1.29 is 4.92 Å². The van der Waals surface area contributed by atoms with Gasteiger partial charge in [0.1, 0.15) is 0 Å². The second-order valence-electron chi connectivity index (χ2n) is 6.37. The number of nitro groups is 1. The zero-order chi connectivity index (χ0) is 14.9. The summed E-state index contributed by atoms with van der Waals surface area (Å²) in [5.41, 5.74) is 2.46. The monoisotopic (exact) mass is 277 g/mol. The van der Waals surface area contributed by atoms with Crippen molar-refractivity contribution in [3.8, 4) is 0 Å². The van der Waals surface area contributed by atoms with E-state index >= 15 is 0 Å². The van der Waals surface area contributed by atoms with Crippen molar-refractivity contribution in [1.82, 2.24) is 4.90 Å². The Bertz CT molecular complexity index is 500. The highest BCUT2D eigenvalue weighted by Crippen LogP contribution is 2.26. The van der Waals surface area contributed by atoms with Crippen molar-refractivity contribution in [3.05, 3.63) is 33.9 Å². The van der Waals surface area contributed by atoms with Gasteiger partial charge < -0.3 is 4.90 Å². The fraction of sp³-hybridized carbons (Fsp3) is 0.600. The van der Waals surface area contributed by atoms with Crippen molar-refractivity contribution in [1.29, 1.82) is 0 Å². The summed E-state index contributed by atoms with van der Waals surface area (Å²) >= 11 is 0. The smallest absolute Gasteiger partial charge is 0.269 e. The summed E-state index contributed by atoms with van der Waals surface area (Å²) in [7, 11) is 0. The molecule has 1 fully saturated rings. The van der Waals surface area contributed by atoms with Gasteiger partial charge in [-0.25, -0.2) is 0 Å². The molecule has 1 aliphatic heterocycles. The van der Waals surface area contributed by atoms with E-state index in [1.807, 2.05) is 13.0 Å². The second kappa shape index (κ2) is 5.40. The first-order valence-electron chi connectivity index (χ1n) is 7.04. The molecule has 1 aromatic carbocycles. The number of hydrogen-bond donors (Lipinski definition) is 0. The first-order valence-corrected chi connectivity index (χ1v) is 7.04. The van der Waals surface area contributed by atoms with Gasteiger partial charge >= 0.3 is 0 Å². The molecule has 1 aliphatic rings. The van der Waals surface area contributed by atoms with Gasteiger partial charge in [-0.05, 0) is 39.3 Å². The molecular weight excluding hydrogens is 254 g/mol. The highest BCUT2D eigenvalue weighted by Gasteiger charge is 2.26. The minimum absolute atomic E-state index is 0.166. The summed E-state index contributed by atoms with van der Waals surface area (Å²) in [5.74, 6) is 0. The molecule has 1 heterocycles. The van der Waals surface area contributed by atoms with Crippen LogP contribution in [0.3, 0.4) is 0 Å². The Labute approximate surface area is 120 Å². The summed E-state index contributed by atoms with van der Waals surface area (Å²) in [5, 5.41) is 10.8. The normalized spacial score (nSPS) is 17.3. The van der Waals surface area contributed by atoms with E-state index in [1.165, 1.54) is 0 Å². The number of anilines is 1. The Balaban J connectivity index is 2.09. The number of aryl methyl sites for hydroxylation is 1. The molecule has 0 amide bonds. The summed E-state index contributed by atoms with van der Waals surface area (Å²) in [6.07, 6.45) is 0. The quantitative estimate of drug-likeness (QED) is 0.616. The number of piperazine rings is 1. The summed E-state index contributed by atoms with van der Waals surface area (Å²) in [4.78, 5) is 15.2. The van der Waals surface area contributed by atoms with Gasteiger partial charge in [0.25, 0.3) is 5.69 Å². The molecule has 0 aliphatic carbocycles. The van der Waals surface area contributed by atoms with E-state index in [2.05, 4.69) is 30.6 Å². The minimum atomic E-state index is -0.339. The zero-order valence-electron chi connectivity index (χ0n) is 12.7. The van der Waals surface area contributed by atoms with Gasteiger partial charge in [-0.1, -0.05) is 0 Å². The van der Waals surface area contributed by atoms with E-state index in [4.69, 9.17) is 0 Å². The fourth-order valence-corrected chi connectivity index (χ4v) is 2.73. The van der Waals surface area contributed by atoms with E-state index in [0.29, 0.717) is 0 Å². The Morgan fingerprint density at radius 3 is 2.20 bits per heavy atom. The summed E-state index contributed by atoms with van der Waals surface area (Å²) < 4.78 is 0. The number of benzene rings is 1. The molecule has 0 unspecified atom stereocenters. The molecule has 1 saturated heterocycles. The molecular formula is C15H23N3O2. The Hall–Kier alpha value is -1.62. The summed E-state index contributed by atoms with van der Waals surface area (Å²) in [6.45, 7) is 12.6. The van der Waals surface area contributed by atoms with Crippen molar-refractivity contribution in [3.63, 3.8) is 0 Å². The number of nitrogens with zero attached hydrogens (tertiary/aromatic N) is 3. The Kier molecular flexibility index (Phi) is 3.99. The lowest BCUT2D eigenvalue weighted by atomic mass is 10.0. The Morgan fingerprint density at radius 1 is 1.15 bits per heavy atom. The lowest BCUT2D eigenvalue weighted by Gasteiger charge is -2.43. The second-order valence-corrected chi connectivity index (χ2v) is 6.37. The SMILES string of the molecule is Cc1cc([N+](=O)[O-])ccc1N1CCN(C(C)(C)C)CC1. The topological polar surface area (TPSA) is 49.6 Å². The molecule has 0 spiro atoms. The van der Waals surface area contributed by atoms with Crippen molar-refractivity contribution in [2.45, 2.75) is 33.2 Å². The predicted molar refractivity (Wildman–Crippen MR) is 81.4 cm³/mol. The van der Waals surface area contributed by atoms with Crippen molar-refractivity contribution in [2.75, 3.05) is 31.1 Å². The third-order valence-electron chi connectivity index (χ3n) is 3.96. The van der Waals surface area contributed by atoms with Crippen LogP contribution in [0.25, 0.3) is 0 Å². The highest BCUT2D eigenvalue weighted by molar-refractivity contribution is 5.57. The van der Waals surface area contributed by atoms with Gasteiger partial charge in [0, 0.05) is 49.5 Å². The number of non-ortho nitro benzene ring substituents is 1. The van der Waals surface area contributed by atoms with Crippen LogP contribution in [-0.2, 0) is 0 Å². The zero-order valence-corrected chi connectivity index (χ0v) is 12.7. The fourth-order valence-electron chi connectivity index (χ4n) is 2.73. The molecule has 5 heteroatoms. The molecule has 5 nitrogen and oxygen atoms in total. The predicted octanol–water partition coefficient (Wildman–Crippen LogP) is 2.82. The largest absolute Gasteiger partial charge is 0.369 e. The average Bonchev–Trinajstić information content (AvgIpc) is 2.37. The minimum Gasteiger partial charge on any atom is -0.369 e. The van der Waals surface area contributed by atoms with Crippen LogP contribution in [0.5, 0.6) is 0 Å². The van der Waals surface area contributed by atoms with Gasteiger partial charge in [0.2, 0.25) is 0 Å². The van der Waals surface area contributed by atoms with E-state index in [1.54, 1.807) is 12.1 Å². The lowest BCUT2D eigenvalue weighted by Crippen LogP contribution is -2.53. The highest BCUT2D eigenvalue weighted by atomic mass is 16.6. The van der Waals surface area contributed by atoms with Gasteiger partial charge in [-0.15, -0.1) is 0 Å². The van der Waals surface area contributed by atoms with Crippen LogP contribution >= 0.6 is 0 Å². The molecule has 0 N–H and O–H groups in total. The van der Waals surface area contributed by atoms with Crippen LogP contribution in [0.15, 0.2) is 18.2 Å². The maximum atomic E-state index is 10.8. The van der Waals surface area contributed by atoms with Crippen LogP contribution in [-0.4, -0.2) is 41.5 Å². The molecule has 2 rings (SSSR count). The average molecular weight is 277 g/mol.